The first-order valence-corrected chi connectivity index (χ1v) is 5.05. The van der Waals surface area contributed by atoms with Crippen molar-refractivity contribution in [1.82, 2.24) is 0 Å². The van der Waals surface area contributed by atoms with Crippen LogP contribution in [0.3, 0.4) is 0 Å². The largest absolute Gasteiger partial charge is 0.368 e. The second-order valence-electron chi connectivity index (χ2n) is 2.74. The lowest BCUT2D eigenvalue weighted by Gasteiger charge is -2.09. The Kier molecular flexibility index (Phi) is 4.42. The fourth-order valence-electron chi connectivity index (χ4n) is 1.07. The predicted molar refractivity (Wildman–Crippen MR) is 55.5 cm³/mol. The molecule has 1 aromatic carbocycles. The van der Waals surface area contributed by atoms with Gasteiger partial charge in [0, 0.05) is 17.5 Å². The average Bonchev–Trinajstić information content (AvgIpc) is 2.09. The van der Waals surface area contributed by atoms with Gasteiger partial charge in [0.15, 0.2) is 6.29 Å². The molecule has 0 amide bonds. The monoisotopic (exact) mass is 244 g/mol. The van der Waals surface area contributed by atoms with Crippen molar-refractivity contribution in [2.45, 2.75) is 19.6 Å². The number of aliphatic hydroxyl groups is 1. The minimum absolute atomic E-state index is 0.539. The van der Waals surface area contributed by atoms with E-state index in [1.165, 1.54) is 0 Å². The maximum atomic E-state index is 9.34. The Morgan fingerprint density at radius 1 is 1.38 bits per heavy atom. The number of halogens is 1. The highest BCUT2D eigenvalue weighted by Gasteiger charge is 2.03. The number of hydrogen-bond donors (Lipinski definition) is 1. The van der Waals surface area contributed by atoms with Crippen LogP contribution in [0.4, 0.5) is 0 Å². The van der Waals surface area contributed by atoms with Gasteiger partial charge < -0.3 is 9.84 Å². The Balaban J connectivity index is 2.49. The fourth-order valence-corrected chi connectivity index (χ4v) is 1.34. The van der Waals surface area contributed by atoms with Crippen LogP contribution in [-0.2, 0) is 11.2 Å². The third kappa shape index (κ3) is 3.89. The SMILES string of the molecule is CCOC(O)Cc1ccc(Br)cc1. The number of ether oxygens (including phenoxy) is 1. The summed E-state index contributed by atoms with van der Waals surface area (Å²) in [7, 11) is 0. The van der Waals surface area contributed by atoms with E-state index >= 15 is 0 Å². The van der Waals surface area contributed by atoms with Crippen molar-refractivity contribution in [1.29, 1.82) is 0 Å². The normalized spacial score (nSPS) is 12.8. The molecule has 13 heavy (non-hydrogen) atoms. The lowest BCUT2D eigenvalue weighted by Crippen LogP contribution is -2.14. The van der Waals surface area contributed by atoms with Crippen LogP contribution >= 0.6 is 15.9 Å². The Bertz CT molecular complexity index is 246. The van der Waals surface area contributed by atoms with Crippen LogP contribution in [0, 0.1) is 0 Å². The zero-order valence-corrected chi connectivity index (χ0v) is 9.12. The van der Waals surface area contributed by atoms with Crippen LogP contribution in [0.1, 0.15) is 12.5 Å². The van der Waals surface area contributed by atoms with E-state index in [4.69, 9.17) is 4.74 Å². The maximum Gasteiger partial charge on any atom is 0.158 e. The first kappa shape index (κ1) is 10.7. The number of benzene rings is 1. The van der Waals surface area contributed by atoms with Gasteiger partial charge in [-0.2, -0.15) is 0 Å². The smallest absolute Gasteiger partial charge is 0.158 e. The minimum atomic E-state index is -0.689. The van der Waals surface area contributed by atoms with Gasteiger partial charge in [-0.1, -0.05) is 28.1 Å². The van der Waals surface area contributed by atoms with Gasteiger partial charge in [0.2, 0.25) is 0 Å². The minimum Gasteiger partial charge on any atom is -0.368 e. The first-order valence-electron chi connectivity index (χ1n) is 4.26. The zero-order valence-electron chi connectivity index (χ0n) is 7.53. The van der Waals surface area contributed by atoms with Crippen molar-refractivity contribution in [2.75, 3.05) is 6.61 Å². The highest BCUT2D eigenvalue weighted by molar-refractivity contribution is 9.10. The van der Waals surface area contributed by atoms with E-state index in [0.717, 1.165) is 10.0 Å². The van der Waals surface area contributed by atoms with E-state index in [-0.39, 0.29) is 0 Å². The molecule has 2 nitrogen and oxygen atoms in total. The van der Waals surface area contributed by atoms with Crippen LogP contribution in [0.25, 0.3) is 0 Å². The van der Waals surface area contributed by atoms with Gasteiger partial charge in [0.25, 0.3) is 0 Å². The molecule has 1 aromatic rings. The summed E-state index contributed by atoms with van der Waals surface area (Å²) >= 11 is 3.35. The molecule has 0 aromatic heterocycles. The summed E-state index contributed by atoms with van der Waals surface area (Å²) in [4.78, 5) is 0. The molecule has 1 atom stereocenters. The molecule has 0 saturated heterocycles. The third-order valence-corrected chi connectivity index (χ3v) is 2.21. The molecule has 3 heteroatoms. The average molecular weight is 245 g/mol. The second-order valence-corrected chi connectivity index (χ2v) is 3.66. The summed E-state index contributed by atoms with van der Waals surface area (Å²) in [6.07, 6.45) is -0.146. The summed E-state index contributed by atoms with van der Waals surface area (Å²) in [6.45, 7) is 2.41. The van der Waals surface area contributed by atoms with Gasteiger partial charge in [-0.05, 0) is 24.6 Å². The molecule has 0 fully saturated rings. The molecular formula is C10H13BrO2. The van der Waals surface area contributed by atoms with Crippen LogP contribution in [0.5, 0.6) is 0 Å². The molecular weight excluding hydrogens is 232 g/mol. The van der Waals surface area contributed by atoms with E-state index in [0.29, 0.717) is 13.0 Å². The summed E-state index contributed by atoms with van der Waals surface area (Å²) in [6, 6.07) is 7.83. The maximum absolute atomic E-state index is 9.34. The van der Waals surface area contributed by atoms with E-state index in [1.807, 2.05) is 31.2 Å². The predicted octanol–water partition coefficient (Wildman–Crippen LogP) is 2.35. The molecule has 0 spiro atoms. The Labute approximate surface area is 86.7 Å². The van der Waals surface area contributed by atoms with Crippen molar-refractivity contribution in [2.24, 2.45) is 0 Å². The summed E-state index contributed by atoms with van der Waals surface area (Å²) in [5, 5.41) is 9.34. The van der Waals surface area contributed by atoms with Crippen molar-refractivity contribution < 1.29 is 9.84 Å². The molecule has 72 valence electrons. The fraction of sp³-hybridized carbons (Fsp3) is 0.400. The Hall–Kier alpha value is -0.380. The summed E-state index contributed by atoms with van der Waals surface area (Å²) in [5.41, 5.74) is 1.07. The number of aliphatic hydroxyl groups excluding tert-OH is 1. The van der Waals surface area contributed by atoms with Crippen LogP contribution in [0.2, 0.25) is 0 Å². The zero-order chi connectivity index (χ0) is 9.68. The Morgan fingerprint density at radius 3 is 2.54 bits per heavy atom. The van der Waals surface area contributed by atoms with Gasteiger partial charge in [-0.3, -0.25) is 0 Å². The molecule has 0 aliphatic rings. The van der Waals surface area contributed by atoms with Gasteiger partial charge in [0.1, 0.15) is 0 Å². The van der Waals surface area contributed by atoms with Gasteiger partial charge in [-0.15, -0.1) is 0 Å². The standard InChI is InChI=1S/C10H13BrO2/c1-2-13-10(12)7-8-3-5-9(11)6-4-8/h3-6,10,12H,2,7H2,1H3. The highest BCUT2D eigenvalue weighted by Crippen LogP contribution is 2.12. The molecule has 0 radical (unpaired) electrons. The van der Waals surface area contributed by atoms with E-state index in [2.05, 4.69) is 15.9 Å². The van der Waals surface area contributed by atoms with E-state index in [1.54, 1.807) is 0 Å². The molecule has 1 unspecified atom stereocenters. The van der Waals surface area contributed by atoms with E-state index < -0.39 is 6.29 Å². The van der Waals surface area contributed by atoms with Crippen LogP contribution in [-0.4, -0.2) is 18.0 Å². The van der Waals surface area contributed by atoms with Crippen molar-refractivity contribution in [3.63, 3.8) is 0 Å². The summed E-state index contributed by atoms with van der Waals surface area (Å²) in [5.74, 6) is 0. The van der Waals surface area contributed by atoms with Gasteiger partial charge in [0.05, 0.1) is 0 Å². The van der Waals surface area contributed by atoms with Crippen molar-refractivity contribution in [3.8, 4) is 0 Å². The van der Waals surface area contributed by atoms with Gasteiger partial charge >= 0.3 is 0 Å². The lowest BCUT2D eigenvalue weighted by molar-refractivity contribution is -0.0927. The van der Waals surface area contributed by atoms with Crippen molar-refractivity contribution >= 4 is 15.9 Å². The van der Waals surface area contributed by atoms with Crippen LogP contribution in [0.15, 0.2) is 28.7 Å². The second kappa shape index (κ2) is 5.37. The van der Waals surface area contributed by atoms with Gasteiger partial charge in [-0.25, -0.2) is 0 Å². The molecule has 1 rings (SSSR count). The molecule has 0 saturated carbocycles. The Morgan fingerprint density at radius 2 is 2.00 bits per heavy atom. The van der Waals surface area contributed by atoms with E-state index in [9.17, 15) is 5.11 Å². The first-order chi connectivity index (χ1) is 6.22. The van der Waals surface area contributed by atoms with Crippen LogP contribution < -0.4 is 0 Å². The molecule has 0 aliphatic heterocycles. The molecule has 0 aliphatic carbocycles. The quantitative estimate of drug-likeness (QED) is 0.825. The third-order valence-electron chi connectivity index (χ3n) is 1.68. The summed E-state index contributed by atoms with van der Waals surface area (Å²) < 4.78 is 6.06. The molecule has 1 N–H and O–H groups in total. The highest BCUT2D eigenvalue weighted by atomic mass is 79.9. The molecule has 0 heterocycles. The topological polar surface area (TPSA) is 29.5 Å². The molecule has 0 bridgehead atoms. The van der Waals surface area contributed by atoms with Crippen molar-refractivity contribution in [3.05, 3.63) is 34.3 Å². The lowest BCUT2D eigenvalue weighted by atomic mass is 10.1. The number of rotatable bonds is 4. The number of hydrogen-bond acceptors (Lipinski definition) is 2.